The first kappa shape index (κ1) is 8.05. The first-order valence-electron chi connectivity index (χ1n) is 4.30. The summed E-state index contributed by atoms with van der Waals surface area (Å²) in [5, 5.41) is 21.5. The second kappa shape index (κ2) is 2.38. The molecule has 2 aromatic rings. The molecule has 0 spiro atoms. The van der Waals surface area contributed by atoms with Gasteiger partial charge in [-0.1, -0.05) is 24.3 Å². The van der Waals surface area contributed by atoms with Crippen LogP contribution in [0.25, 0.3) is 10.8 Å². The van der Waals surface area contributed by atoms with E-state index in [-0.39, 0.29) is 17.2 Å². The fourth-order valence-electron chi connectivity index (χ4n) is 1.70. The van der Waals surface area contributed by atoms with Crippen LogP contribution in [0.15, 0.2) is 24.3 Å². The molecule has 0 bridgehead atoms. The van der Waals surface area contributed by atoms with E-state index < -0.39 is 4.92 Å². The third-order valence-corrected chi connectivity index (χ3v) is 2.42. The first-order valence-corrected chi connectivity index (χ1v) is 4.30. The van der Waals surface area contributed by atoms with Crippen molar-refractivity contribution in [3.63, 3.8) is 0 Å². The Kier molecular flexibility index (Phi) is 1.28. The fraction of sp³-hybridized carbons (Fsp3) is 0. The minimum absolute atomic E-state index is 0.177. The average molecular weight is 203 g/mol. The third-order valence-electron chi connectivity index (χ3n) is 2.42. The van der Waals surface area contributed by atoms with Gasteiger partial charge in [0.1, 0.15) is 0 Å². The standard InChI is InChI=1S/C10H5NO4/c12-8-5-3-1-2-4-6(5)9-10(15-9)7(8)11(13)14/h1-4,12H. The number of rotatable bonds is 1. The number of fused-ring (bicyclic) bond motifs is 3. The van der Waals surface area contributed by atoms with Crippen molar-refractivity contribution in [2.75, 3.05) is 0 Å². The van der Waals surface area contributed by atoms with Crippen LogP contribution in [-0.4, -0.2) is 10.0 Å². The number of ether oxygens (including phenoxy) is 1. The Labute approximate surface area is 83.7 Å². The molecule has 0 saturated carbocycles. The number of nitrogens with zero attached hydrogens (tertiary/aromatic N) is 1. The van der Waals surface area contributed by atoms with Gasteiger partial charge in [-0.15, -0.1) is 0 Å². The third kappa shape index (κ3) is 0.914. The van der Waals surface area contributed by atoms with Crippen LogP contribution in [0.1, 0.15) is 0 Å². The highest BCUT2D eigenvalue weighted by molar-refractivity contribution is 6.03. The number of phenolic OH excluding ortho intramolecular Hbond substituents is 1. The zero-order valence-corrected chi connectivity index (χ0v) is 7.43. The molecule has 1 aliphatic heterocycles. The lowest BCUT2D eigenvalue weighted by Crippen LogP contribution is -1.86. The summed E-state index contributed by atoms with van der Waals surface area (Å²) < 4.78 is 5.02. The van der Waals surface area contributed by atoms with Crippen molar-refractivity contribution in [1.82, 2.24) is 0 Å². The van der Waals surface area contributed by atoms with Gasteiger partial charge in [0, 0.05) is 10.8 Å². The van der Waals surface area contributed by atoms with Crippen LogP contribution in [-0.2, 0) is 0 Å². The van der Waals surface area contributed by atoms with Crippen molar-refractivity contribution in [1.29, 1.82) is 0 Å². The molecule has 0 saturated heterocycles. The normalized spacial score (nSPS) is 12.0. The van der Waals surface area contributed by atoms with E-state index in [1.807, 2.05) is 0 Å². The summed E-state index contributed by atoms with van der Waals surface area (Å²) in [6, 6.07) is 6.88. The van der Waals surface area contributed by atoms with Crippen LogP contribution in [0, 0.1) is 10.1 Å². The second-order valence-corrected chi connectivity index (χ2v) is 3.26. The van der Waals surface area contributed by atoms with Gasteiger partial charge in [-0.3, -0.25) is 10.1 Å². The Morgan fingerprint density at radius 3 is 2.53 bits per heavy atom. The minimum atomic E-state index is -0.631. The van der Waals surface area contributed by atoms with Crippen LogP contribution in [0.5, 0.6) is 17.2 Å². The van der Waals surface area contributed by atoms with E-state index in [1.54, 1.807) is 24.3 Å². The number of nitro groups is 1. The highest BCUT2D eigenvalue weighted by atomic mass is 16.6. The van der Waals surface area contributed by atoms with Gasteiger partial charge < -0.3 is 9.84 Å². The highest BCUT2D eigenvalue weighted by Gasteiger charge is 2.39. The van der Waals surface area contributed by atoms with E-state index in [4.69, 9.17) is 4.74 Å². The molecule has 5 nitrogen and oxygen atoms in total. The average Bonchev–Trinajstić information content (AvgIpc) is 2.97. The number of hydrogen-bond acceptors (Lipinski definition) is 4. The molecule has 3 rings (SSSR count). The molecular weight excluding hydrogens is 198 g/mol. The van der Waals surface area contributed by atoms with Crippen molar-refractivity contribution in [2.45, 2.75) is 0 Å². The van der Waals surface area contributed by atoms with Gasteiger partial charge in [0.25, 0.3) is 5.75 Å². The predicted octanol–water partition coefficient (Wildman–Crippen LogP) is 2.56. The first-order chi connectivity index (χ1) is 7.20. The molecule has 0 radical (unpaired) electrons. The molecule has 0 fully saturated rings. The zero-order chi connectivity index (χ0) is 10.6. The molecule has 1 N–H and O–H groups in total. The molecule has 0 amide bonds. The van der Waals surface area contributed by atoms with Crippen LogP contribution >= 0.6 is 0 Å². The number of phenols is 1. The second-order valence-electron chi connectivity index (χ2n) is 3.26. The summed E-state index contributed by atoms with van der Waals surface area (Å²) in [5.74, 6) is 0.346. The van der Waals surface area contributed by atoms with Crippen molar-refractivity contribution in [2.24, 2.45) is 0 Å². The summed E-state index contributed by atoms with van der Waals surface area (Å²) in [4.78, 5) is 10.1. The Bertz CT molecular complexity index is 606. The highest BCUT2D eigenvalue weighted by Crippen LogP contribution is 2.60. The largest absolute Gasteiger partial charge is 0.502 e. The number of nitro benzene ring substituents is 1. The topological polar surface area (TPSA) is 75.9 Å². The lowest BCUT2D eigenvalue weighted by Gasteiger charge is -1.97. The smallest absolute Gasteiger partial charge is 0.357 e. The Morgan fingerprint density at radius 2 is 1.87 bits per heavy atom. The molecule has 2 aromatic carbocycles. The van der Waals surface area contributed by atoms with Crippen molar-refractivity contribution in [3.8, 4) is 17.2 Å². The molecule has 5 heteroatoms. The molecular formula is C10H5NO4. The van der Waals surface area contributed by atoms with Gasteiger partial charge >= 0.3 is 5.69 Å². The molecule has 0 aromatic heterocycles. The summed E-state index contributed by atoms with van der Waals surface area (Å²) in [6.45, 7) is 0. The van der Waals surface area contributed by atoms with E-state index in [0.29, 0.717) is 16.5 Å². The Morgan fingerprint density at radius 1 is 1.20 bits per heavy atom. The van der Waals surface area contributed by atoms with Gasteiger partial charge in [0.2, 0.25) is 5.75 Å². The van der Waals surface area contributed by atoms with E-state index in [1.165, 1.54) is 0 Å². The summed E-state index contributed by atoms with van der Waals surface area (Å²) in [7, 11) is 0. The van der Waals surface area contributed by atoms with E-state index in [2.05, 4.69) is 0 Å². The van der Waals surface area contributed by atoms with Crippen LogP contribution in [0.2, 0.25) is 0 Å². The van der Waals surface area contributed by atoms with Gasteiger partial charge in [0.05, 0.1) is 4.92 Å². The van der Waals surface area contributed by atoms with Gasteiger partial charge in [-0.25, -0.2) is 0 Å². The molecule has 0 unspecified atom stereocenters. The Hall–Kier alpha value is -2.30. The quantitative estimate of drug-likeness (QED) is 0.374. The van der Waals surface area contributed by atoms with Crippen molar-refractivity contribution >= 4 is 16.5 Å². The number of hydrogen-bond donors (Lipinski definition) is 1. The molecule has 1 aliphatic rings. The maximum absolute atomic E-state index is 10.7. The summed E-state index contributed by atoms with van der Waals surface area (Å²) in [5.41, 5.74) is -0.344. The van der Waals surface area contributed by atoms with Crippen molar-refractivity contribution < 1.29 is 14.8 Å². The number of benzene rings is 2. The van der Waals surface area contributed by atoms with E-state index >= 15 is 0 Å². The monoisotopic (exact) mass is 203 g/mol. The Balaban J connectivity index is 2.49. The maximum atomic E-state index is 10.7. The van der Waals surface area contributed by atoms with Gasteiger partial charge in [0.15, 0.2) is 5.75 Å². The zero-order valence-electron chi connectivity index (χ0n) is 7.43. The summed E-state index contributed by atoms with van der Waals surface area (Å²) >= 11 is 0. The fourth-order valence-corrected chi connectivity index (χ4v) is 1.70. The van der Waals surface area contributed by atoms with Crippen LogP contribution in [0.3, 0.4) is 0 Å². The molecule has 0 atom stereocenters. The van der Waals surface area contributed by atoms with Crippen molar-refractivity contribution in [3.05, 3.63) is 34.4 Å². The molecule has 1 heterocycles. The lowest BCUT2D eigenvalue weighted by atomic mass is 10.1. The molecule has 0 aliphatic carbocycles. The van der Waals surface area contributed by atoms with Gasteiger partial charge in [-0.05, 0) is 0 Å². The molecule has 15 heavy (non-hydrogen) atoms. The van der Waals surface area contributed by atoms with E-state index in [0.717, 1.165) is 0 Å². The molecule has 74 valence electrons. The SMILES string of the molecule is O=[N+]([O-])c1c2c(c3ccccc3c1O)O2. The summed E-state index contributed by atoms with van der Waals surface area (Å²) in [6.07, 6.45) is 0. The minimum Gasteiger partial charge on any atom is -0.502 e. The van der Waals surface area contributed by atoms with Crippen LogP contribution in [0.4, 0.5) is 5.69 Å². The van der Waals surface area contributed by atoms with Gasteiger partial charge in [-0.2, -0.15) is 0 Å². The lowest BCUT2D eigenvalue weighted by molar-refractivity contribution is -0.385. The van der Waals surface area contributed by atoms with Crippen LogP contribution < -0.4 is 4.74 Å². The predicted molar refractivity (Wildman–Crippen MR) is 52.3 cm³/mol. The number of aromatic hydroxyl groups is 1. The van der Waals surface area contributed by atoms with E-state index in [9.17, 15) is 15.2 Å². The maximum Gasteiger partial charge on any atom is 0.357 e.